The maximum atomic E-state index is 13.6. The average molecular weight is 551 g/mol. The number of hydrogen-bond donors (Lipinski definition) is 2. The molecule has 1 aliphatic heterocycles. The van der Waals surface area contributed by atoms with E-state index in [1.807, 2.05) is 13.0 Å². The molecule has 2 fully saturated rings. The molecule has 0 spiro atoms. The lowest BCUT2D eigenvalue weighted by Gasteiger charge is -2.39. The highest BCUT2D eigenvalue weighted by Crippen LogP contribution is 2.32. The maximum absolute atomic E-state index is 13.6. The van der Waals surface area contributed by atoms with Crippen LogP contribution in [0.25, 0.3) is 10.9 Å². The number of ether oxygens (including phenoxy) is 1. The fraction of sp³-hybridized carbons (Fsp3) is 0.370. The van der Waals surface area contributed by atoms with Crippen molar-refractivity contribution in [3.05, 3.63) is 73.4 Å². The maximum Gasteiger partial charge on any atom is 0.331 e. The second-order valence-electron chi connectivity index (χ2n) is 9.73. The van der Waals surface area contributed by atoms with Gasteiger partial charge in [-0.2, -0.15) is 5.26 Å². The average Bonchev–Trinajstić information content (AvgIpc) is 3.75. The summed E-state index contributed by atoms with van der Waals surface area (Å²) in [5, 5.41) is 12.5. The quantitative estimate of drug-likeness (QED) is 0.481. The molecule has 3 amide bonds. The second kappa shape index (κ2) is 10.6. The van der Waals surface area contributed by atoms with Gasteiger partial charge in [0.1, 0.15) is 18.2 Å². The highest BCUT2D eigenvalue weighted by molar-refractivity contribution is 6.31. The number of amides is 3. The Morgan fingerprint density at radius 2 is 1.95 bits per heavy atom. The van der Waals surface area contributed by atoms with Crippen LogP contribution in [0.15, 0.2) is 46.0 Å². The number of morpholine rings is 1. The van der Waals surface area contributed by atoms with Crippen molar-refractivity contribution in [1.29, 1.82) is 5.26 Å². The molecule has 5 rings (SSSR count). The van der Waals surface area contributed by atoms with E-state index >= 15 is 0 Å². The van der Waals surface area contributed by atoms with E-state index in [1.165, 1.54) is 27.7 Å². The van der Waals surface area contributed by atoms with Crippen molar-refractivity contribution >= 4 is 40.1 Å². The number of hydrogen-bond acceptors (Lipinski definition) is 6. The fourth-order valence-electron chi connectivity index (χ4n) is 5.02. The Balaban J connectivity index is 1.52. The highest BCUT2D eigenvalue weighted by atomic mass is 35.5. The minimum absolute atomic E-state index is 0.0975. The summed E-state index contributed by atoms with van der Waals surface area (Å²) in [6, 6.07) is 9.46. The number of carbonyl (C=O) groups excluding carboxylic acids is 2. The number of fused-ring (bicyclic) bond motifs is 1. The predicted molar refractivity (Wildman–Crippen MR) is 144 cm³/mol. The molecular formula is C27H27ClN6O5. The van der Waals surface area contributed by atoms with E-state index in [9.17, 15) is 24.4 Å². The number of benzene rings is 2. The van der Waals surface area contributed by atoms with Gasteiger partial charge in [-0.1, -0.05) is 17.7 Å². The molecule has 2 atom stereocenters. The molecule has 2 aliphatic rings. The van der Waals surface area contributed by atoms with Crippen LogP contribution in [-0.4, -0.2) is 45.2 Å². The zero-order chi connectivity index (χ0) is 27.8. The molecule has 2 aromatic carbocycles. The minimum Gasteiger partial charge on any atom is -0.369 e. The molecule has 39 heavy (non-hydrogen) atoms. The van der Waals surface area contributed by atoms with Gasteiger partial charge in [-0.15, -0.1) is 0 Å². The molecule has 3 N–H and O–H groups in total. The number of aryl methyl sites for hydroxylation is 1. The number of nitriles is 1. The largest absolute Gasteiger partial charge is 0.369 e. The lowest BCUT2D eigenvalue weighted by atomic mass is 9.97. The van der Waals surface area contributed by atoms with Crippen LogP contribution in [0.1, 0.15) is 37.0 Å². The van der Waals surface area contributed by atoms with E-state index in [0.29, 0.717) is 41.2 Å². The first kappa shape index (κ1) is 26.5. The molecule has 0 radical (unpaired) electrons. The molecule has 202 valence electrons. The van der Waals surface area contributed by atoms with Crippen molar-refractivity contribution in [1.82, 2.24) is 14.0 Å². The number of anilines is 1. The van der Waals surface area contributed by atoms with E-state index in [2.05, 4.69) is 5.32 Å². The molecule has 1 aromatic heterocycles. The van der Waals surface area contributed by atoms with E-state index in [1.54, 1.807) is 22.8 Å². The third-order valence-corrected chi connectivity index (χ3v) is 7.50. The number of halogens is 1. The normalized spacial score (nSPS) is 19.1. The van der Waals surface area contributed by atoms with Crippen LogP contribution in [-0.2, 0) is 22.6 Å². The number of rotatable bonds is 6. The zero-order valence-corrected chi connectivity index (χ0v) is 22.0. The summed E-state index contributed by atoms with van der Waals surface area (Å²) in [6.07, 6.45) is 1.06. The Morgan fingerprint density at radius 3 is 2.59 bits per heavy atom. The zero-order valence-electron chi connectivity index (χ0n) is 21.2. The number of aromatic nitrogens is 2. The summed E-state index contributed by atoms with van der Waals surface area (Å²) in [5.74, 6) is -0.264. The van der Waals surface area contributed by atoms with Crippen molar-refractivity contribution in [2.45, 2.75) is 45.0 Å². The fourth-order valence-corrected chi connectivity index (χ4v) is 5.25. The monoisotopic (exact) mass is 550 g/mol. The summed E-state index contributed by atoms with van der Waals surface area (Å²) in [5.41, 5.74) is 6.40. The SMILES string of the molecule is CCn1c(=O)n(CC2CC2)c(=O)c2cc(NC(=O)C3C(c4ccc(C#N)c(Cl)c4)OCCN3C(N)=O)ccc21. The third-order valence-electron chi connectivity index (χ3n) is 7.19. The lowest BCUT2D eigenvalue weighted by Crippen LogP contribution is -2.57. The molecule has 1 saturated heterocycles. The molecule has 0 bridgehead atoms. The van der Waals surface area contributed by atoms with Gasteiger partial charge in [0.15, 0.2) is 0 Å². The second-order valence-corrected chi connectivity index (χ2v) is 10.1. The van der Waals surface area contributed by atoms with Gasteiger partial charge in [-0.25, -0.2) is 9.59 Å². The number of nitrogens with zero attached hydrogens (tertiary/aromatic N) is 4. The number of primary amides is 1. The molecule has 2 unspecified atom stereocenters. The van der Waals surface area contributed by atoms with E-state index in [0.717, 1.165) is 12.8 Å². The number of urea groups is 1. The Kier molecular flexibility index (Phi) is 7.16. The molecule has 3 aromatic rings. The van der Waals surface area contributed by atoms with Gasteiger partial charge in [0.2, 0.25) is 5.91 Å². The first-order valence-electron chi connectivity index (χ1n) is 12.7. The Morgan fingerprint density at radius 1 is 1.18 bits per heavy atom. The molecule has 1 saturated carbocycles. The van der Waals surface area contributed by atoms with E-state index in [-0.39, 0.29) is 29.4 Å². The van der Waals surface area contributed by atoms with Gasteiger partial charge in [0, 0.05) is 25.3 Å². The summed E-state index contributed by atoms with van der Waals surface area (Å²) in [6.45, 7) is 2.82. The van der Waals surface area contributed by atoms with Crippen LogP contribution in [0.4, 0.5) is 10.5 Å². The van der Waals surface area contributed by atoms with Crippen LogP contribution in [0.5, 0.6) is 0 Å². The first-order chi connectivity index (χ1) is 18.7. The van der Waals surface area contributed by atoms with Crippen LogP contribution >= 0.6 is 11.6 Å². The predicted octanol–water partition coefficient (Wildman–Crippen LogP) is 2.58. The Hall–Kier alpha value is -4.14. The van der Waals surface area contributed by atoms with Gasteiger partial charge in [-0.05, 0) is 61.6 Å². The van der Waals surface area contributed by atoms with Crippen molar-refractivity contribution in [3.63, 3.8) is 0 Å². The number of nitrogens with one attached hydrogen (secondary N) is 1. The van der Waals surface area contributed by atoms with Gasteiger partial charge < -0.3 is 20.7 Å². The molecule has 2 heterocycles. The molecule has 1 aliphatic carbocycles. The van der Waals surface area contributed by atoms with Gasteiger partial charge in [-0.3, -0.25) is 18.7 Å². The summed E-state index contributed by atoms with van der Waals surface area (Å²) >= 11 is 6.22. The third kappa shape index (κ3) is 5.01. The standard InChI is InChI=1S/C27H27ClN6O5/c1-2-32-21-8-7-18(12-19(21)25(36)34(27(32)38)14-15-3-4-15)31-24(35)22-23(39-10-9-33(22)26(30)37)16-5-6-17(13-29)20(28)11-16/h5-8,11-12,15,22-23H,2-4,9-10,14H2,1H3,(H2,30,37)(H,31,35). The Bertz CT molecular complexity index is 1640. The number of carbonyl (C=O) groups is 2. The number of nitrogens with two attached hydrogens (primary N) is 1. The minimum atomic E-state index is -1.15. The van der Waals surface area contributed by atoms with Crippen LogP contribution < -0.4 is 22.3 Å². The van der Waals surface area contributed by atoms with Crippen molar-refractivity contribution in [2.75, 3.05) is 18.5 Å². The van der Waals surface area contributed by atoms with Crippen LogP contribution in [0.3, 0.4) is 0 Å². The van der Waals surface area contributed by atoms with Crippen LogP contribution in [0.2, 0.25) is 5.02 Å². The van der Waals surface area contributed by atoms with E-state index < -0.39 is 29.6 Å². The van der Waals surface area contributed by atoms with Crippen LogP contribution in [0, 0.1) is 17.2 Å². The Labute approximate surface area is 228 Å². The van der Waals surface area contributed by atoms with E-state index in [4.69, 9.17) is 22.1 Å². The first-order valence-corrected chi connectivity index (χ1v) is 13.1. The van der Waals surface area contributed by atoms with Gasteiger partial charge in [0.25, 0.3) is 5.56 Å². The highest BCUT2D eigenvalue weighted by Gasteiger charge is 2.41. The van der Waals surface area contributed by atoms with Crippen molar-refractivity contribution in [2.24, 2.45) is 11.7 Å². The summed E-state index contributed by atoms with van der Waals surface area (Å²) in [4.78, 5) is 53.4. The lowest BCUT2D eigenvalue weighted by molar-refractivity contribution is -0.132. The molecular weight excluding hydrogens is 524 g/mol. The summed E-state index contributed by atoms with van der Waals surface area (Å²) in [7, 11) is 0. The van der Waals surface area contributed by atoms with Crippen molar-refractivity contribution < 1.29 is 14.3 Å². The summed E-state index contributed by atoms with van der Waals surface area (Å²) < 4.78 is 8.70. The topological polar surface area (TPSA) is 152 Å². The smallest absolute Gasteiger partial charge is 0.331 e. The van der Waals surface area contributed by atoms with Crippen molar-refractivity contribution in [3.8, 4) is 6.07 Å². The van der Waals surface area contributed by atoms with Gasteiger partial charge in [0.05, 0.1) is 28.1 Å². The van der Waals surface area contributed by atoms with Gasteiger partial charge >= 0.3 is 11.7 Å². The molecule has 11 nitrogen and oxygen atoms in total. The molecule has 12 heteroatoms.